The Morgan fingerprint density at radius 3 is 2.42 bits per heavy atom. The monoisotopic (exact) mass is 268 g/mol. The van der Waals surface area contributed by atoms with Gasteiger partial charge in [-0.25, -0.2) is 0 Å². The predicted octanol–water partition coefficient (Wildman–Crippen LogP) is 3.91. The molecule has 2 atom stereocenters. The lowest BCUT2D eigenvalue weighted by Crippen LogP contribution is -2.42. The molecule has 0 spiro atoms. The van der Waals surface area contributed by atoms with Gasteiger partial charge in [-0.2, -0.15) is 0 Å². The molecule has 2 nitrogen and oxygen atoms in total. The van der Waals surface area contributed by atoms with Gasteiger partial charge in [0.25, 0.3) is 0 Å². The van der Waals surface area contributed by atoms with Crippen LogP contribution in [0.15, 0.2) is 0 Å². The molecule has 0 radical (unpaired) electrons. The molecule has 0 aliphatic heterocycles. The van der Waals surface area contributed by atoms with E-state index in [1.54, 1.807) is 0 Å². The van der Waals surface area contributed by atoms with Crippen molar-refractivity contribution in [3.05, 3.63) is 0 Å². The van der Waals surface area contributed by atoms with Gasteiger partial charge in [-0.05, 0) is 57.5 Å². The molecule has 19 heavy (non-hydrogen) atoms. The van der Waals surface area contributed by atoms with Crippen molar-refractivity contribution in [3.63, 3.8) is 0 Å². The first kappa shape index (κ1) is 17.0. The zero-order chi connectivity index (χ0) is 14.5. The number of hydrogen-bond acceptors (Lipinski definition) is 2. The number of nitrogens with zero attached hydrogens (tertiary/aromatic N) is 1. The maximum absolute atomic E-state index is 3.84. The lowest BCUT2D eigenvalue weighted by Gasteiger charge is -2.29. The van der Waals surface area contributed by atoms with Crippen LogP contribution in [0.3, 0.4) is 0 Å². The Morgan fingerprint density at radius 2 is 1.84 bits per heavy atom. The smallest absolute Gasteiger partial charge is 0.0217 e. The standard InChI is InChI=1S/C17H36N2/c1-14(2)12-16(19(5)6)13-18-15-8-7-10-17(3,4)11-9-15/h14-16,18H,7-13H2,1-6H3. The summed E-state index contributed by atoms with van der Waals surface area (Å²) in [5.74, 6) is 0.780. The molecule has 1 aliphatic carbocycles. The van der Waals surface area contributed by atoms with Crippen molar-refractivity contribution in [2.45, 2.75) is 78.3 Å². The molecular weight excluding hydrogens is 232 g/mol. The van der Waals surface area contributed by atoms with E-state index in [1.807, 2.05) is 0 Å². The summed E-state index contributed by atoms with van der Waals surface area (Å²) in [5, 5.41) is 3.84. The van der Waals surface area contributed by atoms with Gasteiger partial charge in [-0.15, -0.1) is 0 Å². The molecule has 1 aliphatic rings. The van der Waals surface area contributed by atoms with Gasteiger partial charge in [0.15, 0.2) is 0 Å². The second-order valence-corrected chi connectivity index (χ2v) is 7.95. The molecule has 114 valence electrons. The van der Waals surface area contributed by atoms with Crippen LogP contribution in [0.5, 0.6) is 0 Å². The number of likely N-dealkylation sites (N-methyl/N-ethyl adjacent to an activating group) is 1. The molecule has 1 N–H and O–H groups in total. The van der Waals surface area contributed by atoms with E-state index in [9.17, 15) is 0 Å². The third-order valence-electron chi connectivity index (χ3n) is 4.69. The minimum Gasteiger partial charge on any atom is -0.312 e. The van der Waals surface area contributed by atoms with E-state index in [2.05, 4.69) is 52.0 Å². The second kappa shape index (κ2) is 7.64. The molecule has 2 unspecified atom stereocenters. The summed E-state index contributed by atoms with van der Waals surface area (Å²) >= 11 is 0. The topological polar surface area (TPSA) is 15.3 Å². The summed E-state index contributed by atoms with van der Waals surface area (Å²) in [7, 11) is 4.43. The van der Waals surface area contributed by atoms with E-state index >= 15 is 0 Å². The normalized spacial score (nSPS) is 25.6. The molecular formula is C17H36N2. The molecule has 0 heterocycles. The van der Waals surface area contributed by atoms with Crippen molar-refractivity contribution in [1.29, 1.82) is 0 Å². The Hall–Kier alpha value is -0.0800. The molecule has 0 aromatic carbocycles. The summed E-state index contributed by atoms with van der Waals surface area (Å²) < 4.78 is 0. The molecule has 0 bridgehead atoms. The van der Waals surface area contributed by atoms with Gasteiger partial charge >= 0.3 is 0 Å². The van der Waals surface area contributed by atoms with Gasteiger partial charge in [0, 0.05) is 18.6 Å². The van der Waals surface area contributed by atoms with E-state index in [-0.39, 0.29) is 0 Å². The number of rotatable bonds is 6. The van der Waals surface area contributed by atoms with Gasteiger partial charge in [-0.1, -0.05) is 34.1 Å². The molecule has 1 fully saturated rings. The summed E-state index contributed by atoms with van der Waals surface area (Å²) in [4.78, 5) is 2.38. The molecule has 1 rings (SSSR count). The summed E-state index contributed by atoms with van der Waals surface area (Å²) in [5.41, 5.74) is 0.565. The molecule has 2 heteroatoms. The lowest BCUT2D eigenvalue weighted by molar-refractivity contribution is 0.236. The van der Waals surface area contributed by atoms with E-state index in [1.165, 1.54) is 38.5 Å². The molecule has 0 saturated heterocycles. The number of hydrogen-bond donors (Lipinski definition) is 1. The Bertz CT molecular complexity index is 246. The average Bonchev–Trinajstić information content (AvgIpc) is 2.45. The van der Waals surface area contributed by atoms with Crippen LogP contribution in [0.25, 0.3) is 0 Å². The minimum atomic E-state index is 0.565. The first-order valence-corrected chi connectivity index (χ1v) is 8.20. The van der Waals surface area contributed by atoms with E-state index in [4.69, 9.17) is 0 Å². The van der Waals surface area contributed by atoms with Gasteiger partial charge in [-0.3, -0.25) is 0 Å². The molecule has 0 aromatic heterocycles. The Labute approximate surface area is 121 Å². The van der Waals surface area contributed by atoms with Crippen LogP contribution in [0.2, 0.25) is 0 Å². The van der Waals surface area contributed by atoms with Crippen LogP contribution in [0.4, 0.5) is 0 Å². The fourth-order valence-corrected chi connectivity index (χ4v) is 3.19. The Balaban J connectivity index is 2.37. The average molecular weight is 268 g/mol. The largest absolute Gasteiger partial charge is 0.312 e. The Kier molecular flexibility index (Phi) is 6.82. The minimum absolute atomic E-state index is 0.565. The summed E-state index contributed by atoms with van der Waals surface area (Å²) in [6, 6.07) is 1.42. The molecule has 0 amide bonds. The van der Waals surface area contributed by atoms with Crippen LogP contribution >= 0.6 is 0 Å². The van der Waals surface area contributed by atoms with Crippen molar-refractivity contribution in [2.24, 2.45) is 11.3 Å². The quantitative estimate of drug-likeness (QED) is 0.735. The number of nitrogens with one attached hydrogen (secondary N) is 1. The summed E-state index contributed by atoms with van der Waals surface area (Å²) in [6.07, 6.45) is 8.18. The lowest BCUT2D eigenvalue weighted by atomic mass is 9.85. The third kappa shape index (κ3) is 6.76. The summed E-state index contributed by atoms with van der Waals surface area (Å²) in [6.45, 7) is 10.7. The van der Waals surface area contributed by atoms with Crippen molar-refractivity contribution >= 4 is 0 Å². The predicted molar refractivity (Wildman–Crippen MR) is 85.6 cm³/mol. The van der Waals surface area contributed by atoms with Crippen molar-refractivity contribution in [2.75, 3.05) is 20.6 Å². The van der Waals surface area contributed by atoms with Crippen molar-refractivity contribution in [3.8, 4) is 0 Å². The van der Waals surface area contributed by atoms with Gasteiger partial charge < -0.3 is 10.2 Å². The van der Waals surface area contributed by atoms with Crippen LogP contribution in [0.1, 0.15) is 66.2 Å². The molecule has 0 aromatic rings. The van der Waals surface area contributed by atoms with Crippen LogP contribution < -0.4 is 5.32 Å². The highest BCUT2D eigenvalue weighted by atomic mass is 15.1. The highest BCUT2D eigenvalue weighted by molar-refractivity contribution is 4.81. The van der Waals surface area contributed by atoms with Crippen LogP contribution in [0, 0.1) is 11.3 Å². The second-order valence-electron chi connectivity index (χ2n) is 7.95. The highest BCUT2D eigenvalue weighted by Gasteiger charge is 2.24. The van der Waals surface area contributed by atoms with Crippen molar-refractivity contribution < 1.29 is 0 Å². The zero-order valence-electron chi connectivity index (χ0n) is 14.1. The van der Waals surface area contributed by atoms with E-state index in [0.29, 0.717) is 11.5 Å². The van der Waals surface area contributed by atoms with Gasteiger partial charge in [0.1, 0.15) is 0 Å². The van der Waals surface area contributed by atoms with E-state index in [0.717, 1.165) is 18.5 Å². The first-order chi connectivity index (χ1) is 8.80. The Morgan fingerprint density at radius 1 is 1.16 bits per heavy atom. The molecule has 1 saturated carbocycles. The zero-order valence-corrected chi connectivity index (χ0v) is 14.1. The fraction of sp³-hybridized carbons (Fsp3) is 1.00. The van der Waals surface area contributed by atoms with Gasteiger partial charge in [0.2, 0.25) is 0 Å². The SMILES string of the molecule is CC(C)CC(CNC1CCCC(C)(C)CC1)N(C)C. The first-order valence-electron chi connectivity index (χ1n) is 8.20. The fourth-order valence-electron chi connectivity index (χ4n) is 3.19. The third-order valence-corrected chi connectivity index (χ3v) is 4.69. The maximum Gasteiger partial charge on any atom is 0.0217 e. The van der Waals surface area contributed by atoms with Crippen molar-refractivity contribution in [1.82, 2.24) is 10.2 Å². The van der Waals surface area contributed by atoms with Crippen LogP contribution in [-0.2, 0) is 0 Å². The maximum atomic E-state index is 3.84. The van der Waals surface area contributed by atoms with Gasteiger partial charge in [0.05, 0.1) is 0 Å². The van der Waals surface area contributed by atoms with E-state index < -0.39 is 0 Å². The highest BCUT2D eigenvalue weighted by Crippen LogP contribution is 2.33. The van der Waals surface area contributed by atoms with Crippen LogP contribution in [-0.4, -0.2) is 37.6 Å².